The highest BCUT2D eigenvalue weighted by Crippen LogP contribution is 2.24. The van der Waals surface area contributed by atoms with E-state index in [2.05, 4.69) is 0 Å². The summed E-state index contributed by atoms with van der Waals surface area (Å²) in [5.74, 6) is 0. The van der Waals surface area contributed by atoms with Crippen LogP contribution < -0.4 is 0 Å². The van der Waals surface area contributed by atoms with E-state index in [4.69, 9.17) is 9.29 Å². The number of fused-ring (bicyclic) bond motifs is 1. The van der Waals surface area contributed by atoms with Crippen molar-refractivity contribution in [3.63, 3.8) is 0 Å². The molecule has 0 aliphatic heterocycles. The van der Waals surface area contributed by atoms with Crippen molar-refractivity contribution < 1.29 is 17.7 Å². The first-order valence-corrected chi connectivity index (χ1v) is 6.52. The summed E-state index contributed by atoms with van der Waals surface area (Å²) in [7, 11) is -2.62. The summed E-state index contributed by atoms with van der Waals surface area (Å²) in [4.78, 5) is -0.0656. The fourth-order valence-corrected chi connectivity index (χ4v) is 2.50. The van der Waals surface area contributed by atoms with Gasteiger partial charge in [-0.3, -0.25) is 4.55 Å². The molecule has 5 nitrogen and oxygen atoms in total. The van der Waals surface area contributed by atoms with Gasteiger partial charge in [0.1, 0.15) is 4.90 Å². The molecule has 2 rings (SSSR count). The SMILES string of the molecule is COCCn1cc(S(=O)(=O)O)c2ccccc21. The Hall–Kier alpha value is -1.37. The lowest BCUT2D eigenvalue weighted by atomic mass is 10.2. The zero-order valence-corrected chi connectivity index (χ0v) is 10.1. The van der Waals surface area contributed by atoms with Crippen LogP contribution in [0.5, 0.6) is 0 Å². The lowest BCUT2D eigenvalue weighted by molar-refractivity contribution is 0.188. The average Bonchev–Trinajstić information content (AvgIpc) is 2.65. The maximum absolute atomic E-state index is 11.2. The maximum atomic E-state index is 11.2. The van der Waals surface area contributed by atoms with Crippen LogP contribution in [0.2, 0.25) is 0 Å². The van der Waals surface area contributed by atoms with Crippen LogP contribution in [-0.4, -0.2) is 31.3 Å². The number of para-hydroxylation sites is 1. The molecule has 1 heterocycles. The Bertz CT molecular complexity index is 630. The summed E-state index contributed by atoms with van der Waals surface area (Å²) in [6.07, 6.45) is 1.43. The predicted molar refractivity (Wildman–Crippen MR) is 63.6 cm³/mol. The molecule has 92 valence electrons. The van der Waals surface area contributed by atoms with E-state index in [1.54, 1.807) is 29.9 Å². The molecule has 1 aromatic carbocycles. The van der Waals surface area contributed by atoms with Crippen LogP contribution in [0, 0.1) is 0 Å². The molecule has 0 amide bonds. The molecule has 1 aromatic heterocycles. The minimum absolute atomic E-state index is 0.0656. The molecule has 0 atom stereocenters. The molecule has 17 heavy (non-hydrogen) atoms. The van der Waals surface area contributed by atoms with Crippen LogP contribution in [0.1, 0.15) is 0 Å². The fraction of sp³-hybridized carbons (Fsp3) is 0.273. The number of methoxy groups -OCH3 is 1. The maximum Gasteiger partial charge on any atom is 0.296 e. The third-order valence-electron chi connectivity index (χ3n) is 2.57. The van der Waals surface area contributed by atoms with Gasteiger partial charge in [0, 0.05) is 30.8 Å². The highest BCUT2D eigenvalue weighted by molar-refractivity contribution is 7.86. The zero-order chi connectivity index (χ0) is 12.5. The smallest absolute Gasteiger partial charge is 0.296 e. The van der Waals surface area contributed by atoms with E-state index < -0.39 is 10.1 Å². The molecule has 0 saturated carbocycles. The van der Waals surface area contributed by atoms with E-state index in [-0.39, 0.29) is 4.90 Å². The third kappa shape index (κ3) is 2.33. The first kappa shape index (κ1) is 12.1. The summed E-state index contributed by atoms with van der Waals surface area (Å²) in [6.45, 7) is 1.01. The highest BCUT2D eigenvalue weighted by atomic mass is 32.2. The van der Waals surface area contributed by atoms with Gasteiger partial charge in [-0.15, -0.1) is 0 Å². The number of hydrogen-bond acceptors (Lipinski definition) is 3. The molecule has 1 N–H and O–H groups in total. The van der Waals surface area contributed by atoms with Gasteiger partial charge in [-0.25, -0.2) is 0 Å². The van der Waals surface area contributed by atoms with Crippen molar-refractivity contribution in [3.8, 4) is 0 Å². The zero-order valence-electron chi connectivity index (χ0n) is 9.33. The van der Waals surface area contributed by atoms with Gasteiger partial charge in [0.05, 0.1) is 6.61 Å². The summed E-state index contributed by atoms with van der Waals surface area (Å²) < 4.78 is 38.4. The summed E-state index contributed by atoms with van der Waals surface area (Å²) in [5, 5.41) is 0.520. The van der Waals surface area contributed by atoms with Crippen molar-refractivity contribution in [2.75, 3.05) is 13.7 Å². The molecular formula is C11H13NO4S. The van der Waals surface area contributed by atoms with E-state index >= 15 is 0 Å². The van der Waals surface area contributed by atoms with Crippen LogP contribution in [-0.2, 0) is 21.4 Å². The number of benzene rings is 1. The lowest BCUT2D eigenvalue weighted by Crippen LogP contribution is -2.02. The van der Waals surface area contributed by atoms with Gasteiger partial charge in [0.25, 0.3) is 10.1 Å². The topological polar surface area (TPSA) is 68.5 Å². The molecule has 0 aliphatic rings. The molecule has 0 saturated heterocycles. The molecule has 0 unspecified atom stereocenters. The van der Waals surface area contributed by atoms with Gasteiger partial charge in [-0.05, 0) is 6.07 Å². The van der Waals surface area contributed by atoms with Crippen LogP contribution in [0.3, 0.4) is 0 Å². The van der Waals surface area contributed by atoms with Gasteiger partial charge >= 0.3 is 0 Å². The van der Waals surface area contributed by atoms with Crippen molar-refractivity contribution >= 4 is 21.0 Å². The van der Waals surface area contributed by atoms with E-state index in [0.717, 1.165) is 5.52 Å². The molecule has 0 bridgehead atoms. The van der Waals surface area contributed by atoms with Crippen molar-refractivity contribution in [1.29, 1.82) is 0 Å². The molecule has 0 radical (unpaired) electrons. The Morgan fingerprint density at radius 3 is 2.71 bits per heavy atom. The first-order valence-electron chi connectivity index (χ1n) is 5.08. The number of hydrogen-bond donors (Lipinski definition) is 1. The van der Waals surface area contributed by atoms with Gasteiger partial charge < -0.3 is 9.30 Å². The molecule has 0 fully saturated rings. The van der Waals surface area contributed by atoms with Crippen molar-refractivity contribution in [3.05, 3.63) is 30.5 Å². The minimum atomic E-state index is -4.20. The Labute approximate surface area is 99.4 Å². The van der Waals surface area contributed by atoms with E-state index in [1.807, 2.05) is 6.07 Å². The number of rotatable bonds is 4. The second-order valence-electron chi connectivity index (χ2n) is 3.67. The van der Waals surface area contributed by atoms with Crippen LogP contribution >= 0.6 is 0 Å². The van der Waals surface area contributed by atoms with Crippen molar-refractivity contribution in [1.82, 2.24) is 4.57 Å². The monoisotopic (exact) mass is 255 g/mol. The Kier molecular flexibility index (Phi) is 3.19. The Morgan fingerprint density at radius 2 is 2.06 bits per heavy atom. The Morgan fingerprint density at radius 1 is 1.35 bits per heavy atom. The van der Waals surface area contributed by atoms with Gasteiger partial charge in [-0.1, -0.05) is 18.2 Å². The van der Waals surface area contributed by atoms with Gasteiger partial charge in [-0.2, -0.15) is 8.42 Å². The quantitative estimate of drug-likeness (QED) is 0.841. The van der Waals surface area contributed by atoms with Crippen LogP contribution in [0.4, 0.5) is 0 Å². The second kappa shape index (κ2) is 4.48. The molecule has 0 spiro atoms. The predicted octanol–water partition coefficient (Wildman–Crippen LogP) is 1.53. The highest BCUT2D eigenvalue weighted by Gasteiger charge is 2.17. The summed E-state index contributed by atoms with van der Waals surface area (Å²) in [5.41, 5.74) is 0.761. The van der Waals surface area contributed by atoms with Gasteiger partial charge in [0.2, 0.25) is 0 Å². The van der Waals surface area contributed by atoms with Crippen LogP contribution in [0.25, 0.3) is 10.9 Å². The number of aromatic nitrogens is 1. The number of nitrogens with zero attached hydrogens (tertiary/aromatic N) is 1. The number of ether oxygens (including phenoxy) is 1. The largest absolute Gasteiger partial charge is 0.383 e. The average molecular weight is 255 g/mol. The van der Waals surface area contributed by atoms with Crippen molar-refractivity contribution in [2.45, 2.75) is 11.4 Å². The summed E-state index contributed by atoms with van der Waals surface area (Å²) in [6, 6.07) is 7.03. The summed E-state index contributed by atoms with van der Waals surface area (Å²) >= 11 is 0. The standard InChI is InChI=1S/C11H13NO4S/c1-16-7-6-12-8-11(17(13,14)15)9-4-2-3-5-10(9)12/h2-5,8H,6-7H2,1H3,(H,13,14,15). The fourth-order valence-electron chi connectivity index (χ4n) is 1.79. The molecule has 6 heteroatoms. The Balaban J connectivity index is 2.63. The van der Waals surface area contributed by atoms with E-state index in [9.17, 15) is 8.42 Å². The lowest BCUT2D eigenvalue weighted by Gasteiger charge is -2.03. The van der Waals surface area contributed by atoms with E-state index in [0.29, 0.717) is 18.5 Å². The van der Waals surface area contributed by atoms with Crippen LogP contribution in [0.15, 0.2) is 35.4 Å². The first-order chi connectivity index (χ1) is 8.04. The molecular weight excluding hydrogens is 242 g/mol. The molecule has 2 aromatic rings. The van der Waals surface area contributed by atoms with E-state index in [1.165, 1.54) is 6.20 Å². The minimum Gasteiger partial charge on any atom is -0.383 e. The second-order valence-corrected chi connectivity index (χ2v) is 5.06. The third-order valence-corrected chi connectivity index (χ3v) is 3.45. The molecule has 0 aliphatic carbocycles. The van der Waals surface area contributed by atoms with Gasteiger partial charge in [0.15, 0.2) is 0 Å². The van der Waals surface area contributed by atoms with Crippen molar-refractivity contribution in [2.24, 2.45) is 0 Å². The normalized spacial score (nSPS) is 12.1.